The normalized spacial score (nSPS) is 11.5. The summed E-state index contributed by atoms with van der Waals surface area (Å²) in [4.78, 5) is 21.6. The van der Waals surface area contributed by atoms with Crippen molar-refractivity contribution in [2.75, 3.05) is 16.9 Å². The minimum atomic E-state index is -3.62. The van der Waals surface area contributed by atoms with E-state index in [1.807, 2.05) is 27.8 Å². The Kier molecular flexibility index (Phi) is 6.00. The van der Waals surface area contributed by atoms with Gasteiger partial charge >= 0.3 is 0 Å². The average molecular weight is 480 g/mol. The van der Waals surface area contributed by atoms with Gasteiger partial charge in [-0.15, -0.1) is 0 Å². The van der Waals surface area contributed by atoms with Crippen molar-refractivity contribution >= 4 is 33.1 Å². The summed E-state index contributed by atoms with van der Waals surface area (Å²) in [6.45, 7) is 7.37. The van der Waals surface area contributed by atoms with Crippen LogP contribution in [0, 0.1) is 27.7 Å². The molecule has 0 radical (unpaired) electrons. The van der Waals surface area contributed by atoms with Crippen molar-refractivity contribution in [2.24, 2.45) is 7.05 Å². The number of hydrogen-bond acceptors (Lipinski definition) is 10. The lowest BCUT2D eigenvalue weighted by atomic mass is 10.0. The number of nitrogens with one attached hydrogen (secondary N) is 2. The van der Waals surface area contributed by atoms with Crippen LogP contribution in [0.2, 0.25) is 0 Å². The topological polar surface area (TPSA) is 140 Å². The molecule has 0 bridgehead atoms. The molecular formula is C22H25N9O2S. The van der Waals surface area contributed by atoms with Crippen LogP contribution < -0.4 is 10.6 Å². The fourth-order valence-corrected chi connectivity index (χ4v) is 4.81. The Morgan fingerprint density at radius 2 is 1.56 bits per heavy atom. The van der Waals surface area contributed by atoms with Gasteiger partial charge in [0.05, 0.1) is 6.20 Å². The molecule has 4 aromatic rings. The fourth-order valence-electron chi connectivity index (χ4n) is 3.69. The number of hydrogen-bond donors (Lipinski definition) is 2. The molecule has 4 aromatic heterocycles. The zero-order valence-electron chi connectivity index (χ0n) is 19.7. The second-order valence-corrected chi connectivity index (χ2v) is 9.95. The van der Waals surface area contributed by atoms with E-state index in [0.29, 0.717) is 34.4 Å². The standard InChI is InChI=1S/C22H25N9O2S/c1-12-7-20(28-15(4)27-12)29-18-8-19(25-11-24-18)30-22-21(34(6,32)33)13(2)16(9-23-22)17-10-26-31(5)14(17)3/h7-11H,1-6H3,(H2,23,24,25,27,28,29,30). The minimum Gasteiger partial charge on any atom is -0.325 e. The van der Waals surface area contributed by atoms with Crippen molar-refractivity contribution in [2.45, 2.75) is 32.6 Å². The fraction of sp³-hybridized carbons (Fsp3) is 0.273. The Morgan fingerprint density at radius 3 is 2.18 bits per heavy atom. The predicted octanol–water partition coefficient (Wildman–Crippen LogP) is 3.19. The summed E-state index contributed by atoms with van der Waals surface area (Å²) in [6, 6.07) is 3.45. The van der Waals surface area contributed by atoms with Gasteiger partial charge in [0, 0.05) is 54.1 Å². The molecule has 4 rings (SSSR count). The molecule has 0 saturated carbocycles. The molecule has 0 aliphatic heterocycles. The summed E-state index contributed by atoms with van der Waals surface area (Å²) in [5.74, 6) is 2.27. The third kappa shape index (κ3) is 4.71. The lowest BCUT2D eigenvalue weighted by Crippen LogP contribution is -2.09. The number of aromatic nitrogens is 7. The second-order valence-electron chi connectivity index (χ2n) is 7.99. The van der Waals surface area contributed by atoms with E-state index in [0.717, 1.165) is 23.2 Å². The molecule has 176 valence electrons. The zero-order valence-corrected chi connectivity index (χ0v) is 20.6. The van der Waals surface area contributed by atoms with Crippen molar-refractivity contribution < 1.29 is 8.42 Å². The van der Waals surface area contributed by atoms with Gasteiger partial charge in [-0.3, -0.25) is 4.68 Å². The Bertz CT molecular complexity index is 1480. The van der Waals surface area contributed by atoms with Gasteiger partial charge in [-0.05, 0) is 33.3 Å². The molecule has 0 aliphatic carbocycles. The first-order valence-corrected chi connectivity index (χ1v) is 12.3. The van der Waals surface area contributed by atoms with Crippen LogP contribution in [0.3, 0.4) is 0 Å². The summed E-state index contributed by atoms with van der Waals surface area (Å²) in [7, 11) is -1.78. The minimum absolute atomic E-state index is 0.100. The van der Waals surface area contributed by atoms with E-state index in [1.165, 1.54) is 6.33 Å². The van der Waals surface area contributed by atoms with Gasteiger partial charge in [-0.1, -0.05) is 0 Å². The third-order valence-electron chi connectivity index (χ3n) is 5.31. The number of rotatable bonds is 6. The van der Waals surface area contributed by atoms with E-state index in [2.05, 4.69) is 40.7 Å². The molecule has 0 saturated heterocycles. The first kappa shape index (κ1) is 23.2. The predicted molar refractivity (Wildman–Crippen MR) is 129 cm³/mol. The average Bonchev–Trinajstić information content (AvgIpc) is 3.05. The largest absolute Gasteiger partial charge is 0.325 e. The molecule has 0 aliphatic rings. The van der Waals surface area contributed by atoms with Crippen molar-refractivity contribution in [3.8, 4) is 11.1 Å². The maximum Gasteiger partial charge on any atom is 0.179 e. The number of anilines is 4. The number of nitrogens with zero attached hydrogens (tertiary/aromatic N) is 7. The van der Waals surface area contributed by atoms with E-state index in [1.54, 1.807) is 36.1 Å². The van der Waals surface area contributed by atoms with Crippen molar-refractivity contribution in [3.63, 3.8) is 0 Å². The highest BCUT2D eigenvalue weighted by Crippen LogP contribution is 2.34. The van der Waals surface area contributed by atoms with E-state index in [4.69, 9.17) is 0 Å². The van der Waals surface area contributed by atoms with Crippen LogP contribution in [0.15, 0.2) is 35.7 Å². The smallest absolute Gasteiger partial charge is 0.179 e. The maximum absolute atomic E-state index is 12.8. The third-order valence-corrected chi connectivity index (χ3v) is 6.56. The Morgan fingerprint density at radius 1 is 0.853 bits per heavy atom. The molecule has 0 unspecified atom stereocenters. The van der Waals surface area contributed by atoms with Gasteiger partial charge in [-0.25, -0.2) is 33.3 Å². The highest BCUT2D eigenvalue weighted by atomic mass is 32.2. The van der Waals surface area contributed by atoms with Gasteiger partial charge in [0.2, 0.25) is 0 Å². The Balaban J connectivity index is 1.71. The van der Waals surface area contributed by atoms with Crippen LogP contribution >= 0.6 is 0 Å². The van der Waals surface area contributed by atoms with Crippen molar-refractivity contribution in [3.05, 3.63) is 53.6 Å². The van der Waals surface area contributed by atoms with Gasteiger partial charge < -0.3 is 10.6 Å². The summed E-state index contributed by atoms with van der Waals surface area (Å²) < 4.78 is 27.2. The van der Waals surface area contributed by atoms with Crippen molar-refractivity contribution in [1.29, 1.82) is 0 Å². The second kappa shape index (κ2) is 8.78. The van der Waals surface area contributed by atoms with Gasteiger partial charge in [-0.2, -0.15) is 5.10 Å². The van der Waals surface area contributed by atoms with Crippen LogP contribution in [-0.2, 0) is 16.9 Å². The first-order chi connectivity index (χ1) is 16.0. The van der Waals surface area contributed by atoms with E-state index < -0.39 is 9.84 Å². The van der Waals surface area contributed by atoms with Crippen LogP contribution in [0.1, 0.15) is 22.8 Å². The van der Waals surface area contributed by atoms with Gasteiger partial charge in [0.25, 0.3) is 0 Å². The quantitative estimate of drug-likeness (QED) is 0.423. The molecule has 4 heterocycles. The van der Waals surface area contributed by atoms with Crippen molar-refractivity contribution in [1.82, 2.24) is 34.7 Å². The first-order valence-electron chi connectivity index (χ1n) is 10.4. The molecule has 0 spiro atoms. The number of aryl methyl sites for hydroxylation is 3. The molecule has 0 atom stereocenters. The molecule has 34 heavy (non-hydrogen) atoms. The van der Waals surface area contributed by atoms with Gasteiger partial charge in [0.1, 0.15) is 34.5 Å². The van der Waals surface area contributed by atoms with Crippen LogP contribution in [-0.4, -0.2) is 49.4 Å². The van der Waals surface area contributed by atoms with Crippen LogP contribution in [0.5, 0.6) is 0 Å². The monoisotopic (exact) mass is 479 g/mol. The van der Waals surface area contributed by atoms with Gasteiger partial charge in [0.15, 0.2) is 15.7 Å². The molecular weight excluding hydrogens is 454 g/mol. The zero-order chi connectivity index (χ0) is 24.6. The van der Waals surface area contributed by atoms with E-state index >= 15 is 0 Å². The van der Waals surface area contributed by atoms with Crippen LogP contribution in [0.4, 0.5) is 23.3 Å². The summed E-state index contributed by atoms with van der Waals surface area (Å²) in [5, 5.41) is 10.4. The molecule has 2 N–H and O–H groups in total. The van der Waals surface area contributed by atoms with E-state index in [9.17, 15) is 8.42 Å². The molecule has 0 fully saturated rings. The Hall–Kier alpha value is -3.93. The lowest BCUT2D eigenvalue weighted by Gasteiger charge is -2.15. The lowest BCUT2D eigenvalue weighted by molar-refractivity contribution is 0.601. The molecule has 11 nitrogen and oxygen atoms in total. The number of sulfone groups is 1. The highest BCUT2D eigenvalue weighted by Gasteiger charge is 2.23. The van der Waals surface area contributed by atoms with Crippen LogP contribution in [0.25, 0.3) is 11.1 Å². The SMILES string of the molecule is Cc1cc(Nc2cc(Nc3ncc(-c4cnn(C)c4C)c(C)c3S(C)(=O)=O)ncn2)nc(C)n1. The summed E-state index contributed by atoms with van der Waals surface area (Å²) in [6.07, 6.45) is 5.88. The number of pyridine rings is 1. The highest BCUT2D eigenvalue weighted by molar-refractivity contribution is 7.91. The summed E-state index contributed by atoms with van der Waals surface area (Å²) >= 11 is 0. The molecule has 0 amide bonds. The Labute approximate surface area is 197 Å². The molecule has 12 heteroatoms. The maximum atomic E-state index is 12.8. The summed E-state index contributed by atoms with van der Waals surface area (Å²) in [5.41, 5.74) is 3.84. The molecule has 0 aromatic carbocycles. The van der Waals surface area contributed by atoms with E-state index in [-0.39, 0.29) is 10.7 Å².